The second-order valence-corrected chi connectivity index (χ2v) is 8.68. The molecule has 1 saturated carbocycles. The van der Waals surface area contributed by atoms with Gasteiger partial charge in [0.2, 0.25) is 0 Å². The molecule has 0 heterocycles. The molecule has 1 fully saturated rings. The number of hydrogen-bond donors (Lipinski definition) is 3. The van der Waals surface area contributed by atoms with Crippen LogP contribution in [0.1, 0.15) is 33.8 Å². The third-order valence-electron chi connectivity index (χ3n) is 6.50. The van der Waals surface area contributed by atoms with Crippen LogP contribution in [0.4, 0.5) is 10.5 Å². The summed E-state index contributed by atoms with van der Waals surface area (Å²) < 4.78 is 5.55. The number of carbonyl (C=O) groups excluding carboxylic acids is 2. The molecule has 5 rings (SSSR count). The number of rotatable bonds is 7. The first-order valence-electron chi connectivity index (χ1n) is 11.2. The van der Waals surface area contributed by atoms with Crippen molar-refractivity contribution in [2.45, 2.75) is 12.3 Å². The van der Waals surface area contributed by atoms with E-state index in [0.717, 1.165) is 11.1 Å². The zero-order valence-electron chi connectivity index (χ0n) is 18.4. The molecule has 0 saturated heterocycles. The van der Waals surface area contributed by atoms with Gasteiger partial charge in [-0.1, -0.05) is 48.5 Å². The smallest absolute Gasteiger partial charge is 0.411 e. The zero-order valence-corrected chi connectivity index (χ0v) is 18.4. The van der Waals surface area contributed by atoms with Crippen molar-refractivity contribution in [1.82, 2.24) is 5.32 Å². The molecular weight excluding hydrogens is 432 g/mol. The van der Waals surface area contributed by atoms with Crippen LogP contribution in [0.5, 0.6) is 0 Å². The van der Waals surface area contributed by atoms with E-state index in [1.807, 2.05) is 24.3 Å². The Bertz CT molecular complexity index is 1210. The lowest BCUT2D eigenvalue weighted by molar-refractivity contribution is -0.138. The van der Waals surface area contributed by atoms with Crippen molar-refractivity contribution in [2.75, 3.05) is 18.5 Å². The Hall–Kier alpha value is -4.13. The summed E-state index contributed by atoms with van der Waals surface area (Å²) in [6.07, 6.45) is 0.0334. The second kappa shape index (κ2) is 9.02. The number of amides is 2. The van der Waals surface area contributed by atoms with Gasteiger partial charge in [0.15, 0.2) is 0 Å². The summed E-state index contributed by atoms with van der Waals surface area (Å²) in [5, 5.41) is 14.4. The molecule has 34 heavy (non-hydrogen) atoms. The van der Waals surface area contributed by atoms with Crippen molar-refractivity contribution >= 4 is 23.7 Å². The minimum Gasteiger partial charge on any atom is -0.481 e. The summed E-state index contributed by atoms with van der Waals surface area (Å²) >= 11 is 0. The molecule has 0 aromatic heterocycles. The largest absolute Gasteiger partial charge is 0.481 e. The van der Waals surface area contributed by atoms with Gasteiger partial charge in [0.05, 0.1) is 5.92 Å². The fourth-order valence-corrected chi connectivity index (χ4v) is 4.56. The first-order valence-corrected chi connectivity index (χ1v) is 11.2. The number of carbonyl (C=O) groups is 3. The van der Waals surface area contributed by atoms with Gasteiger partial charge < -0.3 is 15.2 Å². The summed E-state index contributed by atoms with van der Waals surface area (Å²) in [7, 11) is 0. The molecule has 2 aliphatic carbocycles. The molecule has 2 unspecified atom stereocenters. The highest BCUT2D eigenvalue weighted by atomic mass is 16.5. The van der Waals surface area contributed by atoms with Gasteiger partial charge in [-0.15, -0.1) is 0 Å². The highest BCUT2D eigenvalue weighted by Crippen LogP contribution is 2.44. The van der Waals surface area contributed by atoms with E-state index in [9.17, 15) is 14.4 Å². The minimum absolute atomic E-state index is 0.00374. The predicted octanol–water partition coefficient (Wildman–Crippen LogP) is 4.50. The van der Waals surface area contributed by atoms with Crippen LogP contribution in [0, 0.1) is 11.8 Å². The Kier molecular flexibility index (Phi) is 5.76. The van der Waals surface area contributed by atoms with E-state index in [4.69, 9.17) is 9.84 Å². The van der Waals surface area contributed by atoms with E-state index in [0.29, 0.717) is 24.2 Å². The first-order chi connectivity index (χ1) is 16.5. The number of benzene rings is 3. The van der Waals surface area contributed by atoms with E-state index in [1.165, 1.54) is 11.1 Å². The fraction of sp³-hybridized carbons (Fsp3) is 0.222. The standard InChI is InChI=1S/C27H24N2O5/c30-25(28-14-17-13-23(17)26(31)32)16-9-11-18(12-10-16)29-27(33)34-15-24-21-7-3-1-5-19(21)20-6-2-4-8-22(20)24/h1-12,17,23-24H,13-15H2,(H,28,30)(H,29,33)(H,31,32). The number of hydrogen-bond acceptors (Lipinski definition) is 4. The first kappa shape index (κ1) is 21.7. The number of carboxylic acids is 1. The van der Waals surface area contributed by atoms with Crippen LogP contribution in [0.3, 0.4) is 0 Å². The molecule has 172 valence electrons. The molecule has 0 radical (unpaired) electrons. The number of ether oxygens (including phenoxy) is 1. The molecule has 7 heteroatoms. The summed E-state index contributed by atoms with van der Waals surface area (Å²) in [4.78, 5) is 35.6. The van der Waals surface area contributed by atoms with Crippen LogP contribution in [0.2, 0.25) is 0 Å². The lowest BCUT2D eigenvalue weighted by Gasteiger charge is -2.14. The van der Waals surface area contributed by atoms with Gasteiger partial charge in [-0.05, 0) is 58.9 Å². The lowest BCUT2D eigenvalue weighted by atomic mass is 9.98. The fourth-order valence-electron chi connectivity index (χ4n) is 4.56. The van der Waals surface area contributed by atoms with Crippen molar-refractivity contribution in [1.29, 1.82) is 0 Å². The predicted molar refractivity (Wildman–Crippen MR) is 127 cm³/mol. The number of fused-ring (bicyclic) bond motifs is 3. The Morgan fingerprint density at radius 2 is 1.50 bits per heavy atom. The quantitative estimate of drug-likeness (QED) is 0.486. The molecule has 2 amide bonds. The van der Waals surface area contributed by atoms with Gasteiger partial charge in [-0.2, -0.15) is 0 Å². The third-order valence-corrected chi connectivity index (χ3v) is 6.50. The van der Waals surface area contributed by atoms with E-state index in [1.54, 1.807) is 24.3 Å². The number of carboxylic acid groups (broad SMARTS) is 1. The maximum Gasteiger partial charge on any atom is 0.411 e. The van der Waals surface area contributed by atoms with E-state index in [-0.39, 0.29) is 30.3 Å². The Morgan fingerprint density at radius 3 is 2.09 bits per heavy atom. The molecule has 0 bridgehead atoms. The highest BCUT2D eigenvalue weighted by molar-refractivity contribution is 5.95. The molecule has 2 aliphatic rings. The molecule has 3 aromatic rings. The van der Waals surface area contributed by atoms with Crippen LogP contribution >= 0.6 is 0 Å². The van der Waals surface area contributed by atoms with Crippen molar-refractivity contribution in [3.8, 4) is 11.1 Å². The van der Waals surface area contributed by atoms with Gasteiger partial charge in [-0.3, -0.25) is 14.9 Å². The maximum atomic E-state index is 12.4. The van der Waals surface area contributed by atoms with Crippen molar-refractivity contribution < 1.29 is 24.2 Å². The van der Waals surface area contributed by atoms with Gasteiger partial charge in [-0.25, -0.2) is 4.79 Å². The van der Waals surface area contributed by atoms with Gasteiger partial charge >= 0.3 is 12.1 Å². The van der Waals surface area contributed by atoms with Crippen LogP contribution < -0.4 is 10.6 Å². The average Bonchev–Trinajstić information content (AvgIpc) is 3.57. The molecule has 0 spiro atoms. The Morgan fingerprint density at radius 1 is 0.882 bits per heavy atom. The van der Waals surface area contributed by atoms with Crippen molar-refractivity contribution in [3.63, 3.8) is 0 Å². The summed E-state index contributed by atoms with van der Waals surface area (Å²) in [5.41, 5.74) is 5.58. The van der Waals surface area contributed by atoms with Crippen LogP contribution in [-0.2, 0) is 9.53 Å². The second-order valence-electron chi connectivity index (χ2n) is 8.68. The molecule has 3 aromatic carbocycles. The van der Waals surface area contributed by atoms with Gasteiger partial charge in [0.25, 0.3) is 5.91 Å². The number of nitrogens with one attached hydrogen (secondary N) is 2. The van der Waals surface area contributed by atoms with E-state index in [2.05, 4.69) is 34.9 Å². The summed E-state index contributed by atoms with van der Waals surface area (Å²) in [6, 6.07) is 22.8. The highest BCUT2D eigenvalue weighted by Gasteiger charge is 2.43. The topological polar surface area (TPSA) is 105 Å². The third kappa shape index (κ3) is 4.37. The number of anilines is 1. The molecule has 3 N–H and O–H groups in total. The molecular formula is C27H24N2O5. The van der Waals surface area contributed by atoms with Crippen LogP contribution in [-0.4, -0.2) is 36.2 Å². The Balaban J connectivity index is 1.14. The monoisotopic (exact) mass is 456 g/mol. The molecule has 0 aliphatic heterocycles. The summed E-state index contributed by atoms with van der Waals surface area (Å²) in [6.45, 7) is 0.564. The SMILES string of the molecule is O=C(Nc1ccc(C(=O)NCC2CC2C(=O)O)cc1)OCC1c2ccccc2-c2ccccc21. The summed E-state index contributed by atoms with van der Waals surface area (Å²) in [5.74, 6) is -1.47. The van der Waals surface area contributed by atoms with Crippen LogP contribution in [0.15, 0.2) is 72.8 Å². The normalized spacial score (nSPS) is 17.9. The minimum atomic E-state index is -0.817. The maximum absolute atomic E-state index is 12.4. The molecule has 7 nitrogen and oxygen atoms in total. The van der Waals surface area contributed by atoms with Crippen molar-refractivity contribution in [2.24, 2.45) is 11.8 Å². The van der Waals surface area contributed by atoms with Crippen molar-refractivity contribution in [3.05, 3.63) is 89.5 Å². The zero-order chi connectivity index (χ0) is 23.7. The van der Waals surface area contributed by atoms with Gasteiger partial charge in [0.1, 0.15) is 6.61 Å². The van der Waals surface area contributed by atoms with E-state index >= 15 is 0 Å². The molecule has 2 atom stereocenters. The number of aliphatic carboxylic acids is 1. The van der Waals surface area contributed by atoms with Crippen LogP contribution in [0.25, 0.3) is 11.1 Å². The Labute approximate surface area is 196 Å². The van der Waals surface area contributed by atoms with Gasteiger partial charge in [0, 0.05) is 23.7 Å². The average molecular weight is 456 g/mol. The lowest BCUT2D eigenvalue weighted by Crippen LogP contribution is -2.26. The van der Waals surface area contributed by atoms with E-state index < -0.39 is 12.1 Å².